The Labute approximate surface area is 156 Å². The van der Waals surface area contributed by atoms with E-state index in [0.29, 0.717) is 23.7 Å². The van der Waals surface area contributed by atoms with E-state index in [4.69, 9.17) is 19.2 Å². The van der Waals surface area contributed by atoms with E-state index in [-0.39, 0.29) is 12.4 Å². The van der Waals surface area contributed by atoms with Gasteiger partial charge >= 0.3 is 0 Å². The molecule has 6 rings (SSSR count). The van der Waals surface area contributed by atoms with Gasteiger partial charge in [-0.1, -0.05) is 44.2 Å². The van der Waals surface area contributed by atoms with Crippen molar-refractivity contribution in [1.82, 2.24) is 0 Å². The Morgan fingerprint density at radius 1 is 1.00 bits per heavy atom. The quantitative estimate of drug-likeness (QED) is 0.731. The zero-order chi connectivity index (χ0) is 17.9. The van der Waals surface area contributed by atoms with E-state index in [1.165, 1.54) is 12.0 Å². The van der Waals surface area contributed by atoms with E-state index in [1.807, 2.05) is 6.92 Å². The number of ether oxygens (including phenoxy) is 2. The molecule has 4 aliphatic heterocycles. The van der Waals surface area contributed by atoms with Crippen LogP contribution in [-0.4, -0.2) is 23.8 Å². The maximum absolute atomic E-state index is 6.63. The molecule has 0 N–H and O–H groups in total. The number of hydrogen-bond donors (Lipinski definition) is 0. The molecule has 5 aliphatic rings. The van der Waals surface area contributed by atoms with Crippen LogP contribution in [0.4, 0.5) is 0 Å². The van der Waals surface area contributed by atoms with E-state index < -0.39 is 11.4 Å². The molecule has 2 bridgehead atoms. The van der Waals surface area contributed by atoms with Crippen LogP contribution >= 0.6 is 0 Å². The van der Waals surface area contributed by atoms with Gasteiger partial charge in [-0.3, -0.25) is 0 Å². The van der Waals surface area contributed by atoms with Crippen molar-refractivity contribution in [3.05, 3.63) is 35.9 Å². The average Bonchev–Trinajstić information content (AvgIpc) is 2.86. The Bertz CT molecular complexity index is 663. The molecule has 4 heterocycles. The molecule has 4 nitrogen and oxygen atoms in total. The predicted octanol–water partition coefficient (Wildman–Crippen LogP) is 4.48. The van der Waals surface area contributed by atoms with Gasteiger partial charge in [-0.15, -0.1) is 0 Å². The molecule has 1 aromatic rings. The predicted molar refractivity (Wildman–Crippen MR) is 97.0 cm³/mol. The molecule has 8 atom stereocenters. The minimum Gasteiger partial charge on any atom is -0.346 e. The lowest BCUT2D eigenvalue weighted by atomic mass is 9.57. The highest BCUT2D eigenvalue weighted by Gasteiger charge is 2.69. The lowest BCUT2D eigenvalue weighted by molar-refractivity contribution is -0.571. The highest BCUT2D eigenvalue weighted by molar-refractivity contribution is 5.17. The zero-order valence-electron chi connectivity index (χ0n) is 16.0. The van der Waals surface area contributed by atoms with Crippen molar-refractivity contribution in [2.24, 2.45) is 23.7 Å². The van der Waals surface area contributed by atoms with Crippen LogP contribution in [0.15, 0.2) is 30.3 Å². The Hall–Kier alpha value is -0.940. The van der Waals surface area contributed by atoms with Gasteiger partial charge < -0.3 is 9.47 Å². The second-order valence-corrected chi connectivity index (χ2v) is 9.13. The van der Waals surface area contributed by atoms with E-state index in [9.17, 15) is 0 Å². The highest BCUT2D eigenvalue weighted by atomic mass is 17.3. The monoisotopic (exact) mass is 358 g/mol. The minimum absolute atomic E-state index is 0.152. The molecule has 1 saturated carbocycles. The van der Waals surface area contributed by atoms with E-state index >= 15 is 0 Å². The maximum Gasteiger partial charge on any atom is 0.201 e. The summed E-state index contributed by atoms with van der Waals surface area (Å²) in [4.78, 5) is 12.1. The van der Waals surface area contributed by atoms with E-state index in [0.717, 1.165) is 25.7 Å². The summed E-state index contributed by atoms with van der Waals surface area (Å²) in [5.74, 6) is 1.20. The number of hydrogen-bond acceptors (Lipinski definition) is 4. The van der Waals surface area contributed by atoms with Crippen molar-refractivity contribution in [3.8, 4) is 0 Å². The molecule has 1 spiro atoms. The van der Waals surface area contributed by atoms with Gasteiger partial charge in [0.1, 0.15) is 0 Å². The van der Waals surface area contributed by atoms with Gasteiger partial charge in [0.2, 0.25) is 5.79 Å². The lowest BCUT2D eigenvalue weighted by Gasteiger charge is -2.60. The second kappa shape index (κ2) is 6.03. The third-order valence-corrected chi connectivity index (χ3v) is 7.57. The summed E-state index contributed by atoms with van der Waals surface area (Å²) in [7, 11) is 0. The summed E-state index contributed by atoms with van der Waals surface area (Å²) < 4.78 is 13.1. The summed E-state index contributed by atoms with van der Waals surface area (Å²) in [6.45, 7) is 6.68. The van der Waals surface area contributed by atoms with Crippen molar-refractivity contribution >= 4 is 0 Å². The summed E-state index contributed by atoms with van der Waals surface area (Å²) in [5, 5.41) is 0. The standard InChI is InChI=1S/C22H30O4/c1-14-9-10-18-15(2)19(13-16-7-5-4-6-8-16)23-20-22(18)17(14)11-12-21(3,24-20)25-26-22/h4-8,14-15,17-20H,9-13H2,1-3H3/t14-,15-,17-,18-,19+,20+,21+,22+/m0/s1. The Morgan fingerprint density at radius 2 is 1.81 bits per heavy atom. The first-order chi connectivity index (χ1) is 12.5. The fourth-order valence-electron chi connectivity index (χ4n) is 6.06. The van der Waals surface area contributed by atoms with Gasteiger partial charge in [0.05, 0.1) is 6.10 Å². The van der Waals surface area contributed by atoms with Gasteiger partial charge in [0, 0.05) is 12.3 Å². The number of rotatable bonds is 2. The molecule has 0 unspecified atom stereocenters. The average molecular weight is 358 g/mol. The first kappa shape index (κ1) is 17.2. The van der Waals surface area contributed by atoms with Gasteiger partial charge in [-0.2, -0.15) is 0 Å². The zero-order valence-corrected chi connectivity index (χ0v) is 16.0. The van der Waals surface area contributed by atoms with E-state index in [2.05, 4.69) is 44.2 Å². The van der Waals surface area contributed by atoms with Crippen molar-refractivity contribution in [2.45, 2.75) is 76.7 Å². The summed E-state index contributed by atoms with van der Waals surface area (Å²) >= 11 is 0. The van der Waals surface area contributed by atoms with Crippen LogP contribution in [0.2, 0.25) is 0 Å². The molecule has 4 heteroatoms. The van der Waals surface area contributed by atoms with Crippen molar-refractivity contribution in [2.75, 3.05) is 0 Å². The molecular weight excluding hydrogens is 328 g/mol. The lowest BCUT2D eigenvalue weighted by Crippen LogP contribution is -2.70. The Balaban J connectivity index is 1.50. The van der Waals surface area contributed by atoms with Crippen LogP contribution in [0.5, 0.6) is 0 Å². The highest BCUT2D eigenvalue weighted by Crippen LogP contribution is 2.60. The molecule has 5 fully saturated rings. The van der Waals surface area contributed by atoms with Crippen LogP contribution in [0.1, 0.15) is 52.0 Å². The fraction of sp³-hybridized carbons (Fsp3) is 0.727. The summed E-state index contributed by atoms with van der Waals surface area (Å²) in [5.41, 5.74) is 0.878. The molecule has 0 amide bonds. The second-order valence-electron chi connectivity index (χ2n) is 9.13. The number of benzene rings is 1. The first-order valence-corrected chi connectivity index (χ1v) is 10.3. The summed E-state index contributed by atoms with van der Waals surface area (Å²) in [6, 6.07) is 10.6. The molecule has 0 aromatic heterocycles. The largest absolute Gasteiger partial charge is 0.346 e. The van der Waals surface area contributed by atoms with Crippen LogP contribution in [0.25, 0.3) is 0 Å². The van der Waals surface area contributed by atoms with Gasteiger partial charge in [0.15, 0.2) is 11.9 Å². The molecule has 142 valence electrons. The molecule has 26 heavy (non-hydrogen) atoms. The molecule has 1 aliphatic carbocycles. The van der Waals surface area contributed by atoms with Crippen molar-refractivity contribution in [3.63, 3.8) is 0 Å². The molecule has 0 radical (unpaired) electrons. The molecule has 1 aromatic carbocycles. The van der Waals surface area contributed by atoms with Gasteiger partial charge in [-0.25, -0.2) is 9.78 Å². The number of fused-ring (bicyclic) bond motifs is 2. The van der Waals surface area contributed by atoms with E-state index in [1.54, 1.807) is 0 Å². The maximum atomic E-state index is 6.63. The fourth-order valence-corrected chi connectivity index (χ4v) is 6.06. The topological polar surface area (TPSA) is 36.9 Å². The Kier molecular flexibility index (Phi) is 3.98. The Morgan fingerprint density at radius 3 is 2.62 bits per heavy atom. The normalized spacial score (nSPS) is 50.1. The first-order valence-electron chi connectivity index (χ1n) is 10.3. The summed E-state index contributed by atoms with van der Waals surface area (Å²) in [6.07, 6.45) is 5.12. The van der Waals surface area contributed by atoms with Gasteiger partial charge in [0.25, 0.3) is 0 Å². The molecular formula is C22H30O4. The van der Waals surface area contributed by atoms with Crippen LogP contribution < -0.4 is 0 Å². The minimum atomic E-state index is -0.685. The van der Waals surface area contributed by atoms with Crippen LogP contribution in [0.3, 0.4) is 0 Å². The smallest absolute Gasteiger partial charge is 0.201 e. The van der Waals surface area contributed by atoms with Crippen LogP contribution in [0, 0.1) is 23.7 Å². The third-order valence-electron chi connectivity index (χ3n) is 7.57. The van der Waals surface area contributed by atoms with Gasteiger partial charge in [-0.05, 0) is 55.9 Å². The SMILES string of the molecule is C[C@@H]1[C@@H](Cc2ccccc2)O[C@@H]2O[C@@]3(C)CC[C@H]4[C@@H](C)CC[C@@H]1[C@@]24OO3. The van der Waals surface area contributed by atoms with Crippen molar-refractivity contribution < 1.29 is 19.2 Å². The third kappa shape index (κ3) is 2.42. The van der Waals surface area contributed by atoms with Crippen molar-refractivity contribution in [1.29, 1.82) is 0 Å². The molecule has 4 saturated heterocycles. The van der Waals surface area contributed by atoms with Crippen LogP contribution in [-0.2, 0) is 25.7 Å².